The van der Waals surface area contributed by atoms with Crippen LogP contribution in [0.15, 0.2) is 65.1 Å². The van der Waals surface area contributed by atoms with Crippen LogP contribution in [0, 0.1) is 0 Å². The van der Waals surface area contributed by atoms with Crippen molar-refractivity contribution in [3.05, 3.63) is 82.0 Å². The molecule has 0 saturated heterocycles. The fraction of sp³-hybridized carbons (Fsp3) is 0.0476. The smallest absolute Gasteiger partial charge is 0.416 e. The third kappa shape index (κ3) is 6.10. The first-order chi connectivity index (χ1) is 14.6. The van der Waals surface area contributed by atoms with E-state index >= 15 is 0 Å². The molecular weight excluding hydrogens is 472 g/mol. The van der Waals surface area contributed by atoms with Gasteiger partial charge in [-0.15, -0.1) is 0 Å². The van der Waals surface area contributed by atoms with Crippen LogP contribution in [-0.4, -0.2) is 11.0 Å². The highest BCUT2D eigenvalue weighted by Gasteiger charge is 2.30. The van der Waals surface area contributed by atoms with Crippen LogP contribution in [-0.2, 0) is 11.0 Å². The summed E-state index contributed by atoms with van der Waals surface area (Å²) in [5, 5.41) is 5.46. The van der Waals surface area contributed by atoms with Crippen LogP contribution < -0.4 is 10.6 Å². The van der Waals surface area contributed by atoms with Gasteiger partial charge in [-0.05, 0) is 60.8 Å². The largest absolute Gasteiger partial charge is 0.457 e. The van der Waals surface area contributed by atoms with Gasteiger partial charge in [0.05, 0.1) is 15.6 Å². The molecule has 1 heterocycles. The number of carbonyl (C=O) groups is 1. The van der Waals surface area contributed by atoms with Gasteiger partial charge in [0.1, 0.15) is 11.5 Å². The summed E-state index contributed by atoms with van der Waals surface area (Å²) in [6.45, 7) is 0. The minimum absolute atomic E-state index is 0.0955. The average molecular weight is 485 g/mol. The molecule has 0 spiro atoms. The van der Waals surface area contributed by atoms with Gasteiger partial charge >= 0.3 is 6.18 Å². The molecule has 31 heavy (non-hydrogen) atoms. The van der Waals surface area contributed by atoms with Gasteiger partial charge in [-0.3, -0.25) is 10.1 Å². The highest BCUT2D eigenvalue weighted by Crippen LogP contribution is 2.34. The quantitative estimate of drug-likeness (QED) is 0.315. The summed E-state index contributed by atoms with van der Waals surface area (Å²) in [6.07, 6.45) is -1.91. The number of furan rings is 1. The van der Waals surface area contributed by atoms with Crippen LogP contribution in [0.3, 0.4) is 0 Å². The Kier molecular flexibility index (Phi) is 7.04. The van der Waals surface area contributed by atoms with E-state index in [4.69, 9.17) is 39.8 Å². The maximum absolute atomic E-state index is 12.8. The molecule has 1 amide bonds. The van der Waals surface area contributed by atoms with Crippen molar-refractivity contribution in [2.45, 2.75) is 6.18 Å². The third-order valence-electron chi connectivity index (χ3n) is 3.93. The second-order valence-electron chi connectivity index (χ2n) is 6.16. The minimum atomic E-state index is -4.48. The summed E-state index contributed by atoms with van der Waals surface area (Å²) in [5.74, 6) is 0.246. The number of amides is 1. The molecule has 0 atom stereocenters. The number of alkyl halides is 3. The zero-order chi connectivity index (χ0) is 22.6. The standard InChI is InChI=1S/C21H13Cl2F3N2O2S/c22-16-6-2-5-15(19(16)23)17-9-7-14(30-17)8-10-18(29)28-20(31)27-13-4-1-3-12(11-13)21(24,25)26/h1-11H,(H2,27,28,29,31). The van der Waals surface area contributed by atoms with E-state index in [9.17, 15) is 18.0 Å². The topological polar surface area (TPSA) is 54.3 Å². The highest BCUT2D eigenvalue weighted by molar-refractivity contribution is 7.80. The summed E-state index contributed by atoms with van der Waals surface area (Å²) in [5.41, 5.74) is -0.136. The molecule has 160 valence electrons. The lowest BCUT2D eigenvalue weighted by atomic mass is 10.2. The molecule has 4 nitrogen and oxygen atoms in total. The van der Waals surface area contributed by atoms with E-state index < -0.39 is 17.6 Å². The molecule has 0 unspecified atom stereocenters. The number of nitrogens with one attached hydrogen (secondary N) is 2. The summed E-state index contributed by atoms with van der Waals surface area (Å²) in [6, 6.07) is 12.9. The van der Waals surface area contributed by atoms with E-state index in [2.05, 4.69) is 10.6 Å². The molecule has 1 aromatic heterocycles. The summed E-state index contributed by atoms with van der Waals surface area (Å²) < 4.78 is 43.9. The van der Waals surface area contributed by atoms with Gasteiger partial charge in [0.2, 0.25) is 5.91 Å². The molecule has 0 aliphatic rings. The number of benzene rings is 2. The van der Waals surface area contributed by atoms with Crippen molar-refractivity contribution in [2.24, 2.45) is 0 Å². The first-order valence-electron chi connectivity index (χ1n) is 8.65. The molecular formula is C21H13Cl2F3N2O2S. The number of hydrogen-bond acceptors (Lipinski definition) is 3. The van der Waals surface area contributed by atoms with Gasteiger partial charge in [-0.1, -0.05) is 35.3 Å². The highest BCUT2D eigenvalue weighted by atomic mass is 35.5. The summed E-state index contributed by atoms with van der Waals surface area (Å²) in [7, 11) is 0. The molecule has 10 heteroatoms. The van der Waals surface area contributed by atoms with E-state index in [1.807, 2.05) is 0 Å². The lowest BCUT2D eigenvalue weighted by molar-refractivity contribution is -0.137. The lowest BCUT2D eigenvalue weighted by Crippen LogP contribution is -2.32. The second kappa shape index (κ2) is 9.55. The monoisotopic (exact) mass is 484 g/mol. The number of hydrogen-bond donors (Lipinski definition) is 2. The van der Waals surface area contributed by atoms with Crippen LogP contribution in [0.25, 0.3) is 17.4 Å². The average Bonchev–Trinajstić information content (AvgIpc) is 3.17. The first kappa shape index (κ1) is 22.9. The Bertz CT molecular complexity index is 1160. The fourth-order valence-corrected chi connectivity index (χ4v) is 3.14. The van der Waals surface area contributed by atoms with Gasteiger partial charge < -0.3 is 9.73 Å². The number of anilines is 1. The van der Waals surface area contributed by atoms with Gasteiger partial charge in [-0.25, -0.2) is 0 Å². The Morgan fingerprint density at radius 3 is 2.55 bits per heavy atom. The number of halogens is 5. The molecule has 0 saturated carbocycles. The number of thiocarbonyl (C=S) groups is 1. The van der Waals surface area contributed by atoms with Crippen molar-refractivity contribution >= 4 is 58.2 Å². The Labute approximate surface area is 190 Å². The van der Waals surface area contributed by atoms with E-state index in [0.29, 0.717) is 27.1 Å². The molecule has 0 aliphatic heterocycles. The van der Waals surface area contributed by atoms with Crippen molar-refractivity contribution in [3.63, 3.8) is 0 Å². The molecule has 2 N–H and O–H groups in total. The van der Waals surface area contributed by atoms with Gasteiger partial charge in [-0.2, -0.15) is 13.2 Å². The molecule has 3 rings (SSSR count). The van der Waals surface area contributed by atoms with Crippen molar-refractivity contribution in [1.29, 1.82) is 0 Å². The van der Waals surface area contributed by atoms with Crippen LogP contribution in [0.5, 0.6) is 0 Å². The maximum Gasteiger partial charge on any atom is 0.416 e. The first-order valence-corrected chi connectivity index (χ1v) is 9.81. The van der Waals surface area contributed by atoms with E-state index in [0.717, 1.165) is 12.1 Å². The minimum Gasteiger partial charge on any atom is -0.457 e. The van der Waals surface area contributed by atoms with E-state index in [1.165, 1.54) is 24.3 Å². The Morgan fingerprint density at radius 1 is 1.06 bits per heavy atom. The Balaban J connectivity index is 1.60. The normalized spacial score (nSPS) is 11.5. The van der Waals surface area contributed by atoms with Crippen LogP contribution in [0.1, 0.15) is 11.3 Å². The van der Waals surface area contributed by atoms with Crippen LogP contribution in [0.2, 0.25) is 10.0 Å². The molecule has 0 bridgehead atoms. The fourth-order valence-electron chi connectivity index (χ4n) is 2.53. The van der Waals surface area contributed by atoms with Crippen molar-refractivity contribution in [2.75, 3.05) is 5.32 Å². The summed E-state index contributed by atoms with van der Waals surface area (Å²) in [4.78, 5) is 12.0. The van der Waals surface area contributed by atoms with Crippen LogP contribution in [0.4, 0.5) is 18.9 Å². The second-order valence-corrected chi connectivity index (χ2v) is 7.35. The zero-order valence-corrected chi connectivity index (χ0v) is 17.8. The SMILES string of the molecule is O=C(C=Cc1ccc(-c2cccc(Cl)c2Cl)o1)NC(=S)Nc1cccc(C(F)(F)F)c1. The maximum atomic E-state index is 12.8. The van der Waals surface area contributed by atoms with Crippen LogP contribution >= 0.6 is 35.4 Å². The predicted octanol–water partition coefficient (Wildman–Crippen LogP) is 6.80. The Morgan fingerprint density at radius 2 is 1.81 bits per heavy atom. The van der Waals surface area contributed by atoms with Crippen molar-refractivity contribution < 1.29 is 22.4 Å². The van der Waals surface area contributed by atoms with E-state index in [-0.39, 0.29) is 10.8 Å². The van der Waals surface area contributed by atoms with E-state index in [1.54, 1.807) is 30.3 Å². The van der Waals surface area contributed by atoms with Gasteiger partial charge in [0.15, 0.2) is 5.11 Å². The van der Waals surface area contributed by atoms with Gasteiger partial charge in [0, 0.05) is 17.3 Å². The summed E-state index contributed by atoms with van der Waals surface area (Å²) >= 11 is 17.1. The predicted molar refractivity (Wildman–Crippen MR) is 119 cm³/mol. The molecule has 0 radical (unpaired) electrons. The number of rotatable bonds is 4. The van der Waals surface area contributed by atoms with Gasteiger partial charge in [0.25, 0.3) is 0 Å². The molecule has 2 aromatic carbocycles. The Hall–Kier alpha value is -2.81. The van der Waals surface area contributed by atoms with Crippen molar-refractivity contribution in [3.8, 4) is 11.3 Å². The third-order valence-corrected chi connectivity index (χ3v) is 4.95. The van der Waals surface area contributed by atoms with Crippen molar-refractivity contribution in [1.82, 2.24) is 5.32 Å². The zero-order valence-electron chi connectivity index (χ0n) is 15.5. The molecule has 3 aromatic rings. The number of carbonyl (C=O) groups excluding carboxylic acids is 1. The molecule has 0 aliphatic carbocycles. The lowest BCUT2D eigenvalue weighted by Gasteiger charge is -2.11. The molecule has 0 fully saturated rings.